The Hall–Kier alpha value is -1.92. The predicted molar refractivity (Wildman–Crippen MR) is 114 cm³/mol. The van der Waals surface area contributed by atoms with Crippen LogP contribution in [0, 0.1) is 0 Å². The van der Waals surface area contributed by atoms with Crippen molar-refractivity contribution in [3.8, 4) is 0 Å². The highest BCUT2D eigenvalue weighted by Crippen LogP contribution is 2.32. The molecule has 0 bridgehead atoms. The molecule has 0 N–H and O–H groups in total. The number of piperazine rings is 1. The normalized spacial score (nSPS) is 23.5. The maximum Gasteiger partial charge on any atom is 0.254 e. The minimum atomic E-state index is 0.0259. The van der Waals surface area contributed by atoms with E-state index in [-0.39, 0.29) is 23.4 Å². The van der Waals surface area contributed by atoms with Crippen LogP contribution in [0.4, 0.5) is 0 Å². The van der Waals surface area contributed by atoms with E-state index in [0.29, 0.717) is 26.2 Å². The summed E-state index contributed by atoms with van der Waals surface area (Å²) in [6.45, 7) is 11.9. The van der Waals surface area contributed by atoms with Gasteiger partial charge in [-0.1, -0.05) is 12.1 Å². The number of hydrogen-bond acceptors (Lipinski definition) is 4. The summed E-state index contributed by atoms with van der Waals surface area (Å²) in [6.07, 6.45) is 2.05. The summed E-state index contributed by atoms with van der Waals surface area (Å²) in [5.74, 6) is 0.348. The van der Waals surface area contributed by atoms with Crippen LogP contribution in [-0.2, 0) is 17.9 Å². The molecule has 2 saturated heterocycles. The predicted octanol–water partition coefficient (Wildman–Crippen LogP) is 2.18. The van der Waals surface area contributed by atoms with Crippen molar-refractivity contribution in [2.24, 2.45) is 0 Å². The van der Waals surface area contributed by atoms with Gasteiger partial charge in [0.15, 0.2) is 0 Å². The summed E-state index contributed by atoms with van der Waals surface area (Å²) in [6, 6.07) is 6.15. The van der Waals surface area contributed by atoms with Crippen LogP contribution in [0.25, 0.3) is 0 Å². The third-order valence-electron chi connectivity index (χ3n) is 6.85. The second-order valence-electron chi connectivity index (χ2n) is 9.73. The van der Waals surface area contributed by atoms with Crippen molar-refractivity contribution >= 4 is 11.8 Å². The van der Waals surface area contributed by atoms with Gasteiger partial charge < -0.3 is 9.80 Å². The van der Waals surface area contributed by atoms with Gasteiger partial charge in [-0.15, -0.1) is 0 Å². The zero-order valence-electron chi connectivity index (χ0n) is 18.3. The fraction of sp³-hybridized carbons (Fsp3) is 0.652. The van der Waals surface area contributed by atoms with Crippen molar-refractivity contribution in [1.82, 2.24) is 19.6 Å². The molecule has 3 aliphatic rings. The largest absolute Gasteiger partial charge is 0.338 e. The lowest BCUT2D eigenvalue weighted by atomic mass is 10.0. The molecule has 6 nitrogen and oxygen atoms in total. The quantitative estimate of drug-likeness (QED) is 0.766. The lowest BCUT2D eigenvalue weighted by Gasteiger charge is -2.37. The first kappa shape index (κ1) is 20.4. The highest BCUT2D eigenvalue weighted by atomic mass is 16.2. The molecule has 29 heavy (non-hydrogen) atoms. The van der Waals surface area contributed by atoms with Crippen molar-refractivity contribution in [2.75, 3.05) is 39.8 Å². The SMILES string of the molecule is CN1CCCC1C(=O)N1CCN(C(=O)c2cccc3c2CN(C(C)(C)C)C3)CC1. The van der Waals surface area contributed by atoms with Crippen molar-refractivity contribution in [1.29, 1.82) is 0 Å². The minimum absolute atomic E-state index is 0.0259. The van der Waals surface area contributed by atoms with Gasteiger partial charge in [0, 0.05) is 50.4 Å². The molecule has 0 saturated carbocycles. The Bertz CT molecular complexity index is 793. The molecule has 1 unspecified atom stereocenters. The van der Waals surface area contributed by atoms with E-state index in [0.717, 1.165) is 38.0 Å². The number of likely N-dealkylation sites (N-methyl/N-ethyl adjacent to an activating group) is 1. The van der Waals surface area contributed by atoms with Crippen LogP contribution in [0.5, 0.6) is 0 Å². The Morgan fingerprint density at radius 2 is 1.66 bits per heavy atom. The molecule has 1 aromatic carbocycles. The molecule has 0 aromatic heterocycles. The number of rotatable bonds is 2. The first-order valence-corrected chi connectivity index (χ1v) is 10.9. The summed E-state index contributed by atoms with van der Waals surface area (Å²) >= 11 is 0. The third-order valence-corrected chi connectivity index (χ3v) is 6.85. The minimum Gasteiger partial charge on any atom is -0.338 e. The highest BCUT2D eigenvalue weighted by Gasteiger charge is 2.35. The van der Waals surface area contributed by atoms with E-state index in [1.54, 1.807) is 0 Å². The molecule has 0 radical (unpaired) electrons. The van der Waals surface area contributed by atoms with E-state index in [2.05, 4.69) is 36.6 Å². The summed E-state index contributed by atoms with van der Waals surface area (Å²) in [5, 5.41) is 0. The van der Waals surface area contributed by atoms with Crippen LogP contribution < -0.4 is 0 Å². The number of benzene rings is 1. The molecule has 1 atom stereocenters. The van der Waals surface area contributed by atoms with Gasteiger partial charge in [-0.25, -0.2) is 0 Å². The molecule has 0 aliphatic carbocycles. The molecule has 3 aliphatic heterocycles. The zero-order chi connectivity index (χ0) is 20.8. The van der Waals surface area contributed by atoms with Crippen molar-refractivity contribution in [3.63, 3.8) is 0 Å². The number of nitrogens with zero attached hydrogens (tertiary/aromatic N) is 4. The number of fused-ring (bicyclic) bond motifs is 1. The fourth-order valence-corrected chi connectivity index (χ4v) is 4.83. The first-order valence-electron chi connectivity index (χ1n) is 10.9. The van der Waals surface area contributed by atoms with Crippen molar-refractivity contribution < 1.29 is 9.59 Å². The standard InChI is InChI=1S/C23H34N4O2/c1-23(2,3)27-15-17-7-5-8-18(19(17)16-27)21(28)25-11-13-26(14-12-25)22(29)20-9-6-10-24(20)4/h5,7-8,20H,6,9-16H2,1-4H3. The van der Waals surface area contributed by atoms with Crippen LogP contribution in [-0.4, -0.2) is 82.8 Å². The highest BCUT2D eigenvalue weighted by molar-refractivity contribution is 5.96. The number of carbonyl (C=O) groups excluding carboxylic acids is 2. The number of carbonyl (C=O) groups is 2. The van der Waals surface area contributed by atoms with E-state index in [9.17, 15) is 9.59 Å². The van der Waals surface area contributed by atoms with Crippen LogP contribution in [0.1, 0.15) is 55.1 Å². The third kappa shape index (κ3) is 3.92. The summed E-state index contributed by atoms with van der Waals surface area (Å²) in [5.41, 5.74) is 3.37. The molecule has 158 valence electrons. The molecule has 4 rings (SSSR count). The van der Waals surface area contributed by atoms with Gasteiger partial charge in [-0.05, 0) is 64.4 Å². The molecule has 1 aromatic rings. The zero-order valence-corrected chi connectivity index (χ0v) is 18.3. The summed E-state index contributed by atoms with van der Waals surface area (Å²) in [4.78, 5) is 34.6. The first-order chi connectivity index (χ1) is 13.8. The lowest BCUT2D eigenvalue weighted by Crippen LogP contribution is -2.54. The molecular formula is C23H34N4O2. The Labute approximate surface area is 174 Å². The smallest absolute Gasteiger partial charge is 0.254 e. The lowest BCUT2D eigenvalue weighted by molar-refractivity contribution is -0.137. The number of hydrogen-bond donors (Lipinski definition) is 0. The maximum absolute atomic E-state index is 13.3. The van der Waals surface area contributed by atoms with Gasteiger partial charge in [0.1, 0.15) is 0 Å². The van der Waals surface area contributed by atoms with E-state index < -0.39 is 0 Å². The second-order valence-corrected chi connectivity index (χ2v) is 9.73. The Balaban J connectivity index is 1.41. The molecule has 2 fully saturated rings. The summed E-state index contributed by atoms with van der Waals surface area (Å²) < 4.78 is 0. The van der Waals surface area contributed by atoms with Gasteiger partial charge in [0.2, 0.25) is 5.91 Å². The van der Waals surface area contributed by atoms with E-state index in [1.807, 2.05) is 29.0 Å². The summed E-state index contributed by atoms with van der Waals surface area (Å²) in [7, 11) is 2.03. The second kappa shape index (κ2) is 7.73. The van der Waals surface area contributed by atoms with Gasteiger partial charge in [0.05, 0.1) is 6.04 Å². The Morgan fingerprint density at radius 1 is 0.966 bits per heavy atom. The van der Waals surface area contributed by atoms with Crippen molar-refractivity contribution in [2.45, 2.75) is 58.3 Å². The topological polar surface area (TPSA) is 47.1 Å². The Kier molecular flexibility index (Phi) is 5.42. The Morgan fingerprint density at radius 3 is 2.28 bits per heavy atom. The van der Waals surface area contributed by atoms with Gasteiger partial charge >= 0.3 is 0 Å². The number of likely N-dealkylation sites (tertiary alicyclic amines) is 1. The van der Waals surface area contributed by atoms with Crippen LogP contribution in [0.15, 0.2) is 18.2 Å². The van der Waals surface area contributed by atoms with E-state index in [4.69, 9.17) is 0 Å². The van der Waals surface area contributed by atoms with Gasteiger partial charge in [0.25, 0.3) is 5.91 Å². The average molecular weight is 399 g/mol. The van der Waals surface area contributed by atoms with Gasteiger partial charge in [-0.2, -0.15) is 0 Å². The monoisotopic (exact) mass is 398 g/mol. The van der Waals surface area contributed by atoms with Crippen LogP contribution in [0.2, 0.25) is 0 Å². The molecule has 3 heterocycles. The van der Waals surface area contributed by atoms with Crippen molar-refractivity contribution in [3.05, 3.63) is 34.9 Å². The molecule has 2 amide bonds. The van der Waals surface area contributed by atoms with Crippen LogP contribution >= 0.6 is 0 Å². The number of amides is 2. The maximum atomic E-state index is 13.3. The molecule has 0 spiro atoms. The van der Waals surface area contributed by atoms with Gasteiger partial charge in [-0.3, -0.25) is 19.4 Å². The molecule has 6 heteroatoms. The van der Waals surface area contributed by atoms with E-state index >= 15 is 0 Å². The van der Waals surface area contributed by atoms with E-state index in [1.165, 1.54) is 11.1 Å². The van der Waals surface area contributed by atoms with Crippen LogP contribution in [0.3, 0.4) is 0 Å². The fourth-order valence-electron chi connectivity index (χ4n) is 4.83. The average Bonchev–Trinajstić information content (AvgIpc) is 3.32. The molecular weight excluding hydrogens is 364 g/mol.